The summed E-state index contributed by atoms with van der Waals surface area (Å²) in [5, 5.41) is 0. The molecule has 2 aliphatic rings. The van der Waals surface area contributed by atoms with E-state index in [-0.39, 0.29) is 0 Å². The molecule has 4 unspecified atom stereocenters. The van der Waals surface area contributed by atoms with Gasteiger partial charge in [-0.1, -0.05) is 13.8 Å². The molecule has 2 fully saturated rings. The lowest BCUT2D eigenvalue weighted by molar-refractivity contribution is 0.0272. The van der Waals surface area contributed by atoms with Crippen LogP contribution in [0.15, 0.2) is 0 Å². The Kier molecular flexibility index (Phi) is 4.26. The van der Waals surface area contributed by atoms with Crippen molar-refractivity contribution >= 4 is 0 Å². The topological polar surface area (TPSA) is 35.2 Å². The molecule has 0 aromatic carbocycles. The van der Waals surface area contributed by atoms with E-state index in [1.807, 2.05) is 0 Å². The van der Waals surface area contributed by atoms with Gasteiger partial charge >= 0.3 is 0 Å². The van der Waals surface area contributed by atoms with Crippen LogP contribution < -0.4 is 5.73 Å². The highest BCUT2D eigenvalue weighted by molar-refractivity contribution is 4.86. The van der Waals surface area contributed by atoms with Crippen LogP contribution in [-0.4, -0.2) is 19.3 Å². The van der Waals surface area contributed by atoms with Crippen molar-refractivity contribution in [2.45, 2.75) is 52.0 Å². The molecule has 0 radical (unpaired) electrons. The van der Waals surface area contributed by atoms with E-state index in [2.05, 4.69) is 13.8 Å². The minimum atomic E-state index is 0.380. The fourth-order valence-electron chi connectivity index (χ4n) is 3.78. The molecular formula is C14H27NO. The van der Waals surface area contributed by atoms with Crippen LogP contribution >= 0.6 is 0 Å². The summed E-state index contributed by atoms with van der Waals surface area (Å²) in [6.07, 6.45) is 6.55. The van der Waals surface area contributed by atoms with Crippen molar-refractivity contribution in [3.63, 3.8) is 0 Å². The number of hydrogen-bond donors (Lipinski definition) is 1. The van der Waals surface area contributed by atoms with Gasteiger partial charge in [0, 0.05) is 12.6 Å². The van der Waals surface area contributed by atoms with E-state index in [4.69, 9.17) is 10.5 Å². The standard InChI is InChI=1S/C14H27NO/c1-10-6-11(2)8-13(7-10)14(15)12-4-3-5-16-9-12/h10-14H,3-9,15H2,1-2H3. The molecule has 0 aromatic rings. The zero-order valence-corrected chi connectivity index (χ0v) is 10.8. The highest BCUT2D eigenvalue weighted by atomic mass is 16.5. The van der Waals surface area contributed by atoms with E-state index in [1.165, 1.54) is 32.1 Å². The number of nitrogens with two attached hydrogens (primary N) is 1. The molecule has 1 saturated carbocycles. The van der Waals surface area contributed by atoms with E-state index in [9.17, 15) is 0 Å². The Morgan fingerprint density at radius 3 is 2.31 bits per heavy atom. The Labute approximate surface area is 99.9 Å². The van der Waals surface area contributed by atoms with Gasteiger partial charge in [-0.25, -0.2) is 0 Å². The normalized spacial score (nSPS) is 42.9. The van der Waals surface area contributed by atoms with Crippen LogP contribution in [0.25, 0.3) is 0 Å². The third-order valence-corrected chi connectivity index (χ3v) is 4.50. The summed E-state index contributed by atoms with van der Waals surface area (Å²) in [5.41, 5.74) is 6.47. The van der Waals surface area contributed by atoms with Crippen LogP contribution in [0.5, 0.6) is 0 Å². The van der Waals surface area contributed by atoms with Crippen LogP contribution in [0.4, 0.5) is 0 Å². The summed E-state index contributed by atoms with van der Waals surface area (Å²) in [4.78, 5) is 0. The third-order valence-electron chi connectivity index (χ3n) is 4.50. The van der Waals surface area contributed by atoms with Crippen LogP contribution in [0.1, 0.15) is 46.0 Å². The van der Waals surface area contributed by atoms with Crippen molar-refractivity contribution in [2.75, 3.05) is 13.2 Å². The van der Waals surface area contributed by atoms with Gasteiger partial charge in [0.2, 0.25) is 0 Å². The molecule has 2 rings (SSSR count). The number of rotatable bonds is 2. The molecule has 16 heavy (non-hydrogen) atoms. The molecule has 2 heteroatoms. The molecule has 0 bridgehead atoms. The first kappa shape index (κ1) is 12.4. The molecule has 0 amide bonds. The van der Waals surface area contributed by atoms with Crippen molar-refractivity contribution in [3.05, 3.63) is 0 Å². The SMILES string of the molecule is CC1CC(C)CC(C(N)C2CCCOC2)C1. The van der Waals surface area contributed by atoms with Gasteiger partial charge in [0.25, 0.3) is 0 Å². The molecule has 1 heterocycles. The smallest absolute Gasteiger partial charge is 0.0509 e. The molecule has 2 nitrogen and oxygen atoms in total. The van der Waals surface area contributed by atoms with Crippen LogP contribution in [0.3, 0.4) is 0 Å². The monoisotopic (exact) mass is 225 g/mol. The summed E-state index contributed by atoms with van der Waals surface area (Å²) in [7, 11) is 0. The van der Waals surface area contributed by atoms with Crippen molar-refractivity contribution in [1.29, 1.82) is 0 Å². The molecule has 1 aliphatic carbocycles. The Bertz CT molecular complexity index is 203. The Morgan fingerprint density at radius 2 is 1.75 bits per heavy atom. The number of ether oxygens (including phenoxy) is 1. The van der Waals surface area contributed by atoms with Gasteiger partial charge in [-0.3, -0.25) is 0 Å². The Hall–Kier alpha value is -0.0800. The second-order valence-corrected chi connectivity index (χ2v) is 6.23. The lowest BCUT2D eigenvalue weighted by atomic mass is 9.71. The van der Waals surface area contributed by atoms with Gasteiger partial charge in [-0.15, -0.1) is 0 Å². The number of hydrogen-bond acceptors (Lipinski definition) is 2. The lowest BCUT2D eigenvalue weighted by Crippen LogP contribution is -2.44. The van der Waals surface area contributed by atoms with Gasteiger partial charge < -0.3 is 10.5 Å². The molecule has 0 spiro atoms. The first-order chi connectivity index (χ1) is 7.66. The Morgan fingerprint density at radius 1 is 1.06 bits per heavy atom. The van der Waals surface area contributed by atoms with E-state index in [0.29, 0.717) is 12.0 Å². The third kappa shape index (κ3) is 2.98. The summed E-state index contributed by atoms with van der Waals surface area (Å²) < 4.78 is 5.57. The zero-order chi connectivity index (χ0) is 11.5. The maximum atomic E-state index is 6.47. The summed E-state index contributed by atoms with van der Waals surface area (Å²) in [6, 6.07) is 0.380. The average molecular weight is 225 g/mol. The van der Waals surface area contributed by atoms with E-state index in [1.54, 1.807) is 0 Å². The molecule has 2 N–H and O–H groups in total. The van der Waals surface area contributed by atoms with Gasteiger partial charge in [0.1, 0.15) is 0 Å². The van der Waals surface area contributed by atoms with Gasteiger partial charge in [-0.05, 0) is 55.8 Å². The van der Waals surface area contributed by atoms with Crippen molar-refractivity contribution < 1.29 is 4.74 Å². The van der Waals surface area contributed by atoms with Crippen LogP contribution in [-0.2, 0) is 4.74 Å². The van der Waals surface area contributed by atoms with Gasteiger partial charge in [0.05, 0.1) is 6.61 Å². The second kappa shape index (κ2) is 5.50. The maximum absolute atomic E-state index is 6.47. The highest BCUT2D eigenvalue weighted by Gasteiger charge is 2.32. The Balaban J connectivity index is 1.89. The van der Waals surface area contributed by atoms with Gasteiger partial charge in [-0.2, -0.15) is 0 Å². The predicted octanol–water partition coefficient (Wildman–Crippen LogP) is 2.81. The van der Waals surface area contributed by atoms with Crippen molar-refractivity contribution in [3.8, 4) is 0 Å². The first-order valence-electron chi connectivity index (χ1n) is 7.00. The predicted molar refractivity (Wildman–Crippen MR) is 67.2 cm³/mol. The summed E-state index contributed by atoms with van der Waals surface area (Å²) in [6.45, 7) is 6.61. The highest BCUT2D eigenvalue weighted by Crippen LogP contribution is 2.37. The molecule has 94 valence electrons. The van der Waals surface area contributed by atoms with Crippen LogP contribution in [0, 0.1) is 23.7 Å². The summed E-state index contributed by atoms with van der Waals surface area (Å²) in [5.74, 6) is 3.09. The van der Waals surface area contributed by atoms with E-state index in [0.717, 1.165) is 31.0 Å². The molecule has 1 saturated heterocycles. The van der Waals surface area contributed by atoms with Crippen LogP contribution in [0.2, 0.25) is 0 Å². The van der Waals surface area contributed by atoms with Crippen molar-refractivity contribution in [2.24, 2.45) is 29.4 Å². The quantitative estimate of drug-likeness (QED) is 0.784. The lowest BCUT2D eigenvalue weighted by Gasteiger charge is -2.39. The fraction of sp³-hybridized carbons (Fsp3) is 1.00. The van der Waals surface area contributed by atoms with Gasteiger partial charge in [0.15, 0.2) is 0 Å². The maximum Gasteiger partial charge on any atom is 0.0509 e. The zero-order valence-electron chi connectivity index (χ0n) is 10.8. The summed E-state index contributed by atoms with van der Waals surface area (Å²) >= 11 is 0. The molecule has 4 atom stereocenters. The van der Waals surface area contributed by atoms with E-state index < -0.39 is 0 Å². The fourth-order valence-corrected chi connectivity index (χ4v) is 3.78. The first-order valence-corrected chi connectivity index (χ1v) is 7.00. The minimum Gasteiger partial charge on any atom is -0.381 e. The van der Waals surface area contributed by atoms with E-state index >= 15 is 0 Å². The minimum absolute atomic E-state index is 0.380. The largest absolute Gasteiger partial charge is 0.381 e. The second-order valence-electron chi connectivity index (χ2n) is 6.23. The molecular weight excluding hydrogens is 198 g/mol. The van der Waals surface area contributed by atoms with Crippen molar-refractivity contribution in [1.82, 2.24) is 0 Å². The molecule has 0 aromatic heterocycles. The molecule has 1 aliphatic heterocycles. The average Bonchev–Trinajstić information content (AvgIpc) is 2.28.